The van der Waals surface area contributed by atoms with Crippen LogP contribution in [0, 0.1) is 0 Å². The monoisotopic (exact) mass is 243 g/mol. The van der Waals surface area contributed by atoms with E-state index in [1.807, 2.05) is 0 Å². The number of hydrogen-bond donors (Lipinski definition) is 3. The zero-order chi connectivity index (χ0) is 12.1. The topological polar surface area (TPSA) is 99.5 Å². The first-order valence-corrected chi connectivity index (χ1v) is 5.84. The Morgan fingerprint density at radius 2 is 1.87 bits per heavy atom. The van der Waals surface area contributed by atoms with Gasteiger partial charge in [0.25, 0.3) is 0 Å². The zero-order valence-corrected chi connectivity index (χ0v) is 9.92. The van der Waals surface area contributed by atoms with Crippen molar-refractivity contribution in [3.8, 4) is 0 Å². The minimum Gasteiger partial charge on any atom is -0.389 e. The number of phosphoric acid groups is 1. The lowest BCUT2D eigenvalue weighted by molar-refractivity contribution is -0.00568. The Bertz CT molecular complexity index is 218. The number of nitrogens with zero attached hydrogens (tertiary/aromatic N) is 1. The third-order valence-corrected chi connectivity index (χ3v) is 2.34. The number of aliphatic hydroxyl groups is 1. The molecular weight excluding hydrogens is 225 g/mol. The van der Waals surface area contributed by atoms with Crippen LogP contribution in [-0.2, 0) is 13.8 Å². The lowest BCUT2D eigenvalue weighted by Gasteiger charge is -2.28. The Labute approximate surface area is 88.8 Å². The summed E-state index contributed by atoms with van der Waals surface area (Å²) in [4.78, 5) is 18.6. The number of rotatable bonds is 7. The van der Waals surface area contributed by atoms with Crippen LogP contribution in [0.1, 0.15) is 0 Å². The molecule has 8 heteroatoms. The van der Waals surface area contributed by atoms with Crippen molar-refractivity contribution in [1.29, 1.82) is 0 Å². The number of ether oxygens (including phenoxy) is 1. The standard InChI is InChI=1S/C7H18NO6P/c1-8(2)6(4-13-3)7(9)5-14-15(10,11)12/h6-7,9H,4-5H2,1-3H3,(H2,10,11,12). The molecule has 2 atom stereocenters. The molecule has 0 aliphatic heterocycles. The maximum absolute atomic E-state index is 10.4. The number of likely N-dealkylation sites (N-methyl/N-ethyl adjacent to an activating group) is 1. The quantitative estimate of drug-likeness (QED) is 0.495. The lowest BCUT2D eigenvalue weighted by atomic mass is 10.1. The fraction of sp³-hybridized carbons (Fsp3) is 1.00. The summed E-state index contributed by atoms with van der Waals surface area (Å²) in [6, 6.07) is -0.374. The van der Waals surface area contributed by atoms with Gasteiger partial charge < -0.3 is 24.5 Å². The van der Waals surface area contributed by atoms with E-state index in [4.69, 9.17) is 14.5 Å². The van der Waals surface area contributed by atoms with E-state index in [0.717, 1.165) is 0 Å². The summed E-state index contributed by atoms with van der Waals surface area (Å²) >= 11 is 0. The highest BCUT2D eigenvalue weighted by atomic mass is 31.2. The minimum atomic E-state index is -4.53. The van der Waals surface area contributed by atoms with E-state index in [1.165, 1.54) is 7.11 Å². The third kappa shape index (κ3) is 6.97. The molecule has 0 heterocycles. The van der Waals surface area contributed by atoms with E-state index in [2.05, 4.69) is 4.52 Å². The van der Waals surface area contributed by atoms with Crippen LogP contribution in [0.3, 0.4) is 0 Å². The molecule has 0 aliphatic carbocycles. The van der Waals surface area contributed by atoms with E-state index in [1.54, 1.807) is 19.0 Å². The minimum absolute atomic E-state index is 0.249. The summed E-state index contributed by atoms with van der Waals surface area (Å²) < 4.78 is 19.5. The number of hydrogen-bond acceptors (Lipinski definition) is 5. The molecule has 3 N–H and O–H groups in total. The molecule has 0 rings (SSSR count). The van der Waals surface area contributed by atoms with Crippen LogP contribution >= 0.6 is 7.82 Å². The second-order valence-electron chi connectivity index (χ2n) is 3.34. The molecule has 0 aromatic rings. The first kappa shape index (κ1) is 15.0. The highest BCUT2D eigenvalue weighted by Gasteiger charge is 2.25. The number of aliphatic hydroxyl groups excluding tert-OH is 1. The van der Waals surface area contributed by atoms with Gasteiger partial charge in [-0.1, -0.05) is 0 Å². The number of methoxy groups -OCH3 is 1. The predicted molar refractivity (Wildman–Crippen MR) is 53.4 cm³/mol. The Balaban J connectivity index is 4.14. The molecule has 0 aliphatic rings. The van der Waals surface area contributed by atoms with Gasteiger partial charge in [0.2, 0.25) is 0 Å². The molecule has 2 unspecified atom stereocenters. The van der Waals surface area contributed by atoms with Crippen molar-refractivity contribution in [3.63, 3.8) is 0 Å². The van der Waals surface area contributed by atoms with Crippen LogP contribution in [0.15, 0.2) is 0 Å². The second kappa shape index (κ2) is 6.55. The molecule has 15 heavy (non-hydrogen) atoms. The molecular formula is C7H18NO6P. The first-order valence-electron chi connectivity index (χ1n) is 4.31. The summed E-state index contributed by atoms with van der Waals surface area (Å²) in [7, 11) is 0.405. The Kier molecular flexibility index (Phi) is 6.54. The summed E-state index contributed by atoms with van der Waals surface area (Å²) in [6.45, 7) is -0.185. The van der Waals surface area contributed by atoms with E-state index in [9.17, 15) is 9.67 Å². The Morgan fingerprint density at radius 1 is 1.33 bits per heavy atom. The number of phosphoric ester groups is 1. The predicted octanol–water partition coefficient (Wildman–Crippen LogP) is -0.967. The summed E-state index contributed by atoms with van der Waals surface area (Å²) in [5.74, 6) is 0. The average molecular weight is 243 g/mol. The van der Waals surface area contributed by atoms with Gasteiger partial charge in [0, 0.05) is 7.11 Å². The van der Waals surface area contributed by atoms with Crippen LogP contribution in [0.2, 0.25) is 0 Å². The van der Waals surface area contributed by atoms with Gasteiger partial charge >= 0.3 is 7.82 Å². The van der Waals surface area contributed by atoms with Crippen LogP contribution in [0.25, 0.3) is 0 Å². The van der Waals surface area contributed by atoms with Crippen molar-refractivity contribution in [2.24, 2.45) is 0 Å². The van der Waals surface area contributed by atoms with Gasteiger partial charge in [-0.3, -0.25) is 4.52 Å². The largest absolute Gasteiger partial charge is 0.469 e. The van der Waals surface area contributed by atoms with Crippen molar-refractivity contribution in [2.45, 2.75) is 12.1 Å². The van der Waals surface area contributed by atoms with Crippen molar-refractivity contribution < 1.29 is 28.7 Å². The maximum Gasteiger partial charge on any atom is 0.469 e. The summed E-state index contributed by atoms with van der Waals surface area (Å²) in [5.41, 5.74) is 0. The highest BCUT2D eigenvalue weighted by Crippen LogP contribution is 2.35. The molecule has 0 bridgehead atoms. The normalized spacial score (nSPS) is 16.7. The lowest BCUT2D eigenvalue weighted by Crippen LogP contribution is -2.44. The van der Waals surface area contributed by atoms with Gasteiger partial charge in [-0.15, -0.1) is 0 Å². The van der Waals surface area contributed by atoms with Gasteiger partial charge in [0.1, 0.15) is 0 Å². The second-order valence-corrected chi connectivity index (χ2v) is 4.58. The van der Waals surface area contributed by atoms with Crippen LogP contribution in [0.4, 0.5) is 0 Å². The van der Waals surface area contributed by atoms with Crippen LogP contribution in [-0.4, -0.2) is 66.4 Å². The van der Waals surface area contributed by atoms with Crippen molar-refractivity contribution >= 4 is 7.82 Å². The van der Waals surface area contributed by atoms with Crippen molar-refractivity contribution in [1.82, 2.24) is 4.90 Å². The SMILES string of the molecule is COCC(C(O)COP(=O)(O)O)N(C)C. The molecule has 0 saturated heterocycles. The van der Waals surface area contributed by atoms with Gasteiger partial charge in [-0.2, -0.15) is 0 Å². The van der Waals surface area contributed by atoms with E-state index >= 15 is 0 Å². The molecule has 7 nitrogen and oxygen atoms in total. The fourth-order valence-corrected chi connectivity index (χ4v) is 1.41. The van der Waals surface area contributed by atoms with Gasteiger partial charge in [-0.25, -0.2) is 4.57 Å². The fourth-order valence-electron chi connectivity index (χ4n) is 1.06. The molecule has 0 radical (unpaired) electrons. The van der Waals surface area contributed by atoms with Gasteiger partial charge in [0.15, 0.2) is 0 Å². The van der Waals surface area contributed by atoms with Crippen LogP contribution in [0.5, 0.6) is 0 Å². The van der Waals surface area contributed by atoms with Crippen molar-refractivity contribution in [2.75, 3.05) is 34.4 Å². The summed E-state index contributed by atoms with van der Waals surface area (Å²) in [5, 5.41) is 9.58. The smallest absolute Gasteiger partial charge is 0.389 e. The Morgan fingerprint density at radius 3 is 2.20 bits per heavy atom. The van der Waals surface area contributed by atoms with Crippen LogP contribution < -0.4 is 0 Å². The summed E-state index contributed by atoms with van der Waals surface area (Å²) in [6.07, 6.45) is -1.02. The molecule has 0 amide bonds. The van der Waals surface area contributed by atoms with E-state index in [0.29, 0.717) is 0 Å². The van der Waals surface area contributed by atoms with E-state index < -0.39 is 20.5 Å². The van der Waals surface area contributed by atoms with Gasteiger partial charge in [-0.05, 0) is 14.1 Å². The molecule has 0 aromatic carbocycles. The Hall–Kier alpha value is -0.0100. The molecule has 0 fully saturated rings. The van der Waals surface area contributed by atoms with Crippen molar-refractivity contribution in [3.05, 3.63) is 0 Å². The third-order valence-electron chi connectivity index (χ3n) is 1.86. The maximum atomic E-state index is 10.4. The molecule has 0 saturated carbocycles. The zero-order valence-electron chi connectivity index (χ0n) is 9.03. The average Bonchev–Trinajstić information content (AvgIpc) is 2.08. The molecule has 92 valence electrons. The van der Waals surface area contributed by atoms with E-state index in [-0.39, 0.29) is 12.6 Å². The van der Waals surface area contributed by atoms with Gasteiger partial charge in [0.05, 0.1) is 25.4 Å². The molecule has 0 spiro atoms. The molecule has 0 aromatic heterocycles. The first-order chi connectivity index (χ1) is 6.78. The highest BCUT2D eigenvalue weighted by molar-refractivity contribution is 7.46.